The van der Waals surface area contributed by atoms with Crippen LogP contribution in [0.3, 0.4) is 0 Å². The molecule has 6 nitrogen and oxygen atoms in total. The number of azo groups is 1. The topological polar surface area (TPSA) is 96.8 Å². The van der Waals surface area contributed by atoms with E-state index in [1.807, 2.05) is 32.9 Å². The first-order valence-corrected chi connectivity index (χ1v) is 8.34. The molecule has 1 aromatic heterocycles. The van der Waals surface area contributed by atoms with Gasteiger partial charge in [-0.3, -0.25) is 0 Å². The van der Waals surface area contributed by atoms with Crippen molar-refractivity contribution in [3.8, 4) is 5.75 Å². The number of rotatable bonds is 2. The van der Waals surface area contributed by atoms with Gasteiger partial charge in [0.05, 0.1) is 0 Å². The number of hydrogen-bond donors (Lipinski definition) is 2. The van der Waals surface area contributed by atoms with Crippen molar-refractivity contribution < 1.29 is 5.11 Å². The molecule has 7 heteroatoms. The number of nitrogen functional groups attached to an aromatic ring is 1. The lowest BCUT2D eigenvalue weighted by Crippen LogP contribution is -2.16. The summed E-state index contributed by atoms with van der Waals surface area (Å²) in [5, 5.41) is 19.0. The number of nitrogens with two attached hydrogens (primary N) is 1. The zero-order valence-corrected chi connectivity index (χ0v) is 16.2. The van der Waals surface area contributed by atoms with Gasteiger partial charge in [0, 0.05) is 5.56 Å². The van der Waals surface area contributed by atoms with E-state index in [-0.39, 0.29) is 33.2 Å². The van der Waals surface area contributed by atoms with Gasteiger partial charge < -0.3 is 10.8 Å². The van der Waals surface area contributed by atoms with Crippen LogP contribution in [0.1, 0.15) is 52.7 Å². The van der Waals surface area contributed by atoms with Crippen molar-refractivity contribution >= 4 is 28.8 Å². The number of phenolic OH excluding ortho intramolecular Hbond substituents is 1. The van der Waals surface area contributed by atoms with Gasteiger partial charge >= 0.3 is 0 Å². The first kappa shape index (κ1) is 19.1. The van der Waals surface area contributed by atoms with Gasteiger partial charge in [0.2, 0.25) is 0 Å². The molecule has 0 bridgehead atoms. The lowest BCUT2D eigenvalue weighted by atomic mass is 9.80. The molecule has 0 saturated carbocycles. The van der Waals surface area contributed by atoms with Gasteiger partial charge in [-0.2, -0.15) is 0 Å². The van der Waals surface area contributed by atoms with E-state index in [4.69, 9.17) is 17.3 Å². The second kappa shape index (κ2) is 6.59. The number of nitrogens with zero attached hydrogens (tertiary/aromatic N) is 4. The van der Waals surface area contributed by atoms with Crippen LogP contribution in [0.2, 0.25) is 5.15 Å². The molecular weight excluding hydrogens is 338 g/mol. The maximum Gasteiger partial charge on any atom is 0.165 e. The quantitative estimate of drug-likeness (QED) is 0.550. The molecule has 1 aromatic carbocycles. The highest BCUT2D eigenvalue weighted by Gasteiger charge is 2.25. The molecule has 0 aliphatic heterocycles. The fourth-order valence-corrected chi connectivity index (χ4v) is 2.44. The van der Waals surface area contributed by atoms with Crippen LogP contribution in [0.4, 0.5) is 17.2 Å². The summed E-state index contributed by atoms with van der Waals surface area (Å²) in [6.45, 7) is 12.4. The van der Waals surface area contributed by atoms with E-state index in [1.54, 1.807) is 0 Å². The number of hydrogen-bond acceptors (Lipinski definition) is 6. The van der Waals surface area contributed by atoms with Crippen LogP contribution in [0.5, 0.6) is 5.75 Å². The monoisotopic (exact) mass is 361 g/mol. The van der Waals surface area contributed by atoms with E-state index in [0.29, 0.717) is 5.69 Å². The summed E-state index contributed by atoms with van der Waals surface area (Å²) >= 11 is 6.00. The Morgan fingerprint density at radius 3 is 2.16 bits per heavy atom. The Balaban J connectivity index is 2.63. The highest BCUT2D eigenvalue weighted by molar-refractivity contribution is 6.32. The summed E-state index contributed by atoms with van der Waals surface area (Å²) in [5.41, 5.74) is 7.81. The van der Waals surface area contributed by atoms with E-state index in [2.05, 4.69) is 41.0 Å². The third kappa shape index (κ3) is 4.25. The third-order valence-corrected chi connectivity index (χ3v) is 4.10. The summed E-state index contributed by atoms with van der Waals surface area (Å²) in [7, 11) is 0. The summed E-state index contributed by atoms with van der Waals surface area (Å²) in [4.78, 5) is 7.70. The minimum absolute atomic E-state index is 0.0933. The summed E-state index contributed by atoms with van der Waals surface area (Å²) in [6.07, 6.45) is 1.26. The maximum atomic E-state index is 10.7. The number of anilines is 1. The molecule has 0 unspecified atom stereocenters. The maximum absolute atomic E-state index is 10.7. The molecule has 0 amide bonds. The van der Waals surface area contributed by atoms with Crippen LogP contribution < -0.4 is 5.73 Å². The Kier molecular flexibility index (Phi) is 5.04. The number of aromatic nitrogens is 2. The average Bonchev–Trinajstić information content (AvgIpc) is 2.45. The van der Waals surface area contributed by atoms with Gasteiger partial charge in [-0.05, 0) is 22.5 Å². The zero-order valence-electron chi connectivity index (χ0n) is 15.4. The normalized spacial score (nSPS) is 12.8. The lowest BCUT2D eigenvalue weighted by molar-refractivity contribution is 0.446. The van der Waals surface area contributed by atoms with Crippen molar-refractivity contribution in [2.75, 3.05) is 5.73 Å². The molecule has 0 fully saturated rings. The molecule has 0 spiro atoms. The standard InChI is InChI=1S/C18H24ClN5O/c1-17(2,3)10-7-11(18(4,5)6)14(25)12(8-10)23-24-13-15(19)21-9-22-16(13)20/h7-9,25H,1-6H3,(H2,20,21,22)/b24-23+. The SMILES string of the molecule is CC(C)(C)c1cc(/N=N/c2c(N)ncnc2Cl)c(O)c(C(C)(C)C)c1. The molecule has 3 N–H and O–H groups in total. The van der Waals surface area contributed by atoms with Crippen LogP contribution in [-0.4, -0.2) is 15.1 Å². The van der Waals surface area contributed by atoms with Crippen molar-refractivity contribution in [3.05, 3.63) is 34.7 Å². The minimum Gasteiger partial charge on any atom is -0.505 e. The lowest BCUT2D eigenvalue weighted by Gasteiger charge is -2.26. The van der Waals surface area contributed by atoms with Gasteiger partial charge in [0.15, 0.2) is 16.7 Å². The molecule has 2 aromatic rings. The molecule has 25 heavy (non-hydrogen) atoms. The molecule has 0 radical (unpaired) electrons. The molecule has 0 aliphatic carbocycles. The molecule has 0 aliphatic rings. The minimum atomic E-state index is -0.248. The van der Waals surface area contributed by atoms with Crippen LogP contribution in [-0.2, 0) is 10.8 Å². The predicted octanol–water partition coefficient (Wildman–Crippen LogP) is 5.43. The van der Waals surface area contributed by atoms with E-state index in [9.17, 15) is 5.11 Å². The van der Waals surface area contributed by atoms with Gasteiger partial charge in [0.1, 0.15) is 17.8 Å². The van der Waals surface area contributed by atoms with Crippen molar-refractivity contribution in [3.63, 3.8) is 0 Å². The number of phenols is 1. The van der Waals surface area contributed by atoms with Crippen LogP contribution in [0.15, 0.2) is 28.7 Å². The largest absolute Gasteiger partial charge is 0.505 e. The van der Waals surface area contributed by atoms with E-state index in [0.717, 1.165) is 11.1 Å². The van der Waals surface area contributed by atoms with Gasteiger partial charge in [-0.15, -0.1) is 10.2 Å². The fourth-order valence-electron chi connectivity index (χ4n) is 2.27. The Hall–Kier alpha value is -2.21. The average molecular weight is 362 g/mol. The molecule has 1 heterocycles. The van der Waals surface area contributed by atoms with Gasteiger partial charge in [-0.25, -0.2) is 9.97 Å². The number of aromatic hydroxyl groups is 1. The summed E-state index contributed by atoms with van der Waals surface area (Å²) < 4.78 is 0. The first-order chi connectivity index (χ1) is 11.4. The van der Waals surface area contributed by atoms with E-state index < -0.39 is 0 Å². The van der Waals surface area contributed by atoms with Crippen LogP contribution in [0.25, 0.3) is 0 Å². The highest BCUT2D eigenvalue weighted by Crippen LogP contribution is 2.42. The Labute approximate surface area is 153 Å². The van der Waals surface area contributed by atoms with Crippen molar-refractivity contribution in [1.82, 2.24) is 9.97 Å². The number of benzene rings is 1. The fraction of sp³-hybridized carbons (Fsp3) is 0.444. The Bertz CT molecular complexity index is 799. The predicted molar refractivity (Wildman–Crippen MR) is 101 cm³/mol. The van der Waals surface area contributed by atoms with Crippen LogP contribution in [0, 0.1) is 0 Å². The second-order valence-corrected chi connectivity index (χ2v) is 8.35. The summed E-state index contributed by atoms with van der Waals surface area (Å²) in [5.74, 6) is 0.224. The molecule has 0 atom stereocenters. The highest BCUT2D eigenvalue weighted by atomic mass is 35.5. The number of halogens is 1. The summed E-state index contributed by atoms with van der Waals surface area (Å²) in [6, 6.07) is 3.84. The molecule has 2 rings (SSSR count). The van der Waals surface area contributed by atoms with Gasteiger partial charge in [0.25, 0.3) is 0 Å². The van der Waals surface area contributed by atoms with Crippen molar-refractivity contribution in [2.24, 2.45) is 10.2 Å². The molecule has 0 saturated heterocycles. The molecule has 134 valence electrons. The smallest absolute Gasteiger partial charge is 0.165 e. The van der Waals surface area contributed by atoms with Gasteiger partial charge in [-0.1, -0.05) is 59.2 Å². The van der Waals surface area contributed by atoms with E-state index in [1.165, 1.54) is 6.33 Å². The van der Waals surface area contributed by atoms with Crippen molar-refractivity contribution in [2.45, 2.75) is 52.4 Å². The Morgan fingerprint density at radius 2 is 1.64 bits per heavy atom. The van der Waals surface area contributed by atoms with E-state index >= 15 is 0 Å². The third-order valence-electron chi connectivity index (χ3n) is 3.83. The molecular formula is C18H24ClN5O. The Morgan fingerprint density at radius 1 is 1.00 bits per heavy atom. The van der Waals surface area contributed by atoms with Crippen LogP contribution >= 0.6 is 11.6 Å². The zero-order chi connectivity index (χ0) is 19.0. The van der Waals surface area contributed by atoms with Crippen molar-refractivity contribution in [1.29, 1.82) is 0 Å². The second-order valence-electron chi connectivity index (χ2n) is 7.99. The first-order valence-electron chi connectivity index (χ1n) is 7.97.